The van der Waals surface area contributed by atoms with Crippen molar-refractivity contribution >= 4 is 0 Å². The molecule has 1 fully saturated rings. The number of nitrogens with one attached hydrogen (secondary N) is 1. The van der Waals surface area contributed by atoms with Crippen molar-refractivity contribution in [3.8, 4) is 0 Å². The minimum absolute atomic E-state index is 0.694. The molecule has 0 radical (unpaired) electrons. The van der Waals surface area contributed by atoms with Crippen LogP contribution < -0.4 is 5.32 Å². The first kappa shape index (κ1) is 10.2. The van der Waals surface area contributed by atoms with Crippen LogP contribution in [0.5, 0.6) is 0 Å². The lowest BCUT2D eigenvalue weighted by Crippen LogP contribution is -2.38. The highest BCUT2D eigenvalue weighted by atomic mass is 15.1. The van der Waals surface area contributed by atoms with E-state index in [1.165, 1.54) is 32.4 Å². The highest BCUT2D eigenvalue weighted by Crippen LogP contribution is 2.19. The zero-order valence-corrected chi connectivity index (χ0v) is 9.42. The molecule has 1 aliphatic heterocycles. The molecule has 0 spiro atoms. The van der Waals surface area contributed by atoms with Crippen molar-refractivity contribution in [2.75, 3.05) is 19.6 Å². The first-order chi connectivity index (χ1) is 6.75. The minimum Gasteiger partial charge on any atom is -0.310 e. The van der Waals surface area contributed by atoms with Gasteiger partial charge in [-0.15, -0.1) is 0 Å². The van der Waals surface area contributed by atoms with Gasteiger partial charge in [0.25, 0.3) is 0 Å². The van der Waals surface area contributed by atoms with Crippen LogP contribution in [-0.2, 0) is 0 Å². The maximum absolute atomic E-state index is 3.59. The average Bonchev–Trinajstić information content (AvgIpc) is 2.99. The van der Waals surface area contributed by atoms with Crippen LogP contribution in [0.4, 0.5) is 0 Å². The Balaban J connectivity index is 1.76. The molecule has 2 heteroatoms. The molecule has 0 aromatic rings. The molecule has 1 saturated carbocycles. The summed E-state index contributed by atoms with van der Waals surface area (Å²) in [5, 5.41) is 3.59. The Bertz CT molecular complexity index is 216. The normalized spacial score (nSPS) is 24.1. The summed E-state index contributed by atoms with van der Waals surface area (Å²) in [5.41, 5.74) is 1.59. The predicted molar refractivity (Wildman–Crippen MR) is 60.4 cm³/mol. The molecule has 0 bridgehead atoms. The van der Waals surface area contributed by atoms with Gasteiger partial charge in [0, 0.05) is 31.7 Å². The second-order valence-electron chi connectivity index (χ2n) is 4.87. The predicted octanol–water partition coefficient (Wildman–Crippen LogP) is 1.78. The van der Waals surface area contributed by atoms with Gasteiger partial charge >= 0.3 is 0 Å². The van der Waals surface area contributed by atoms with Crippen LogP contribution in [0, 0.1) is 0 Å². The third-order valence-electron chi connectivity index (χ3n) is 3.18. The highest BCUT2D eigenvalue weighted by molar-refractivity contribution is 5.11. The Labute approximate surface area is 87.4 Å². The van der Waals surface area contributed by atoms with E-state index in [-0.39, 0.29) is 0 Å². The van der Waals surface area contributed by atoms with Gasteiger partial charge in [-0.25, -0.2) is 0 Å². The van der Waals surface area contributed by atoms with E-state index < -0.39 is 0 Å². The second kappa shape index (κ2) is 4.45. The van der Waals surface area contributed by atoms with Crippen molar-refractivity contribution in [2.45, 2.75) is 45.2 Å². The molecule has 0 unspecified atom stereocenters. The van der Waals surface area contributed by atoms with Crippen LogP contribution in [0.3, 0.4) is 0 Å². The molecule has 14 heavy (non-hydrogen) atoms. The van der Waals surface area contributed by atoms with Crippen LogP contribution in [0.1, 0.15) is 33.1 Å². The van der Waals surface area contributed by atoms with Gasteiger partial charge in [0.2, 0.25) is 0 Å². The number of nitrogens with zero attached hydrogens (tertiary/aromatic N) is 1. The van der Waals surface area contributed by atoms with Crippen LogP contribution in [-0.4, -0.2) is 36.6 Å². The maximum atomic E-state index is 3.59. The van der Waals surface area contributed by atoms with Crippen molar-refractivity contribution in [2.24, 2.45) is 0 Å². The topological polar surface area (TPSA) is 15.3 Å². The van der Waals surface area contributed by atoms with E-state index in [0.29, 0.717) is 6.04 Å². The van der Waals surface area contributed by atoms with E-state index in [1.54, 1.807) is 5.57 Å². The molecule has 0 saturated heterocycles. The van der Waals surface area contributed by atoms with E-state index in [2.05, 4.69) is 30.1 Å². The number of rotatable bonds is 4. The van der Waals surface area contributed by atoms with Gasteiger partial charge in [0.1, 0.15) is 0 Å². The lowest BCUT2D eigenvalue weighted by molar-refractivity contribution is 0.234. The number of hydrogen-bond donors (Lipinski definition) is 1. The lowest BCUT2D eigenvalue weighted by Gasteiger charge is -2.30. The molecule has 2 rings (SSSR count). The standard InChI is InChI=1S/C12H22N2/c1-10(2)14-7-3-4-11(9-14)8-13-12-5-6-12/h4,10,12-13H,3,5-9H2,1-2H3. The van der Waals surface area contributed by atoms with Crippen molar-refractivity contribution in [3.63, 3.8) is 0 Å². The molecule has 2 aliphatic rings. The zero-order chi connectivity index (χ0) is 9.97. The lowest BCUT2D eigenvalue weighted by atomic mass is 10.1. The highest BCUT2D eigenvalue weighted by Gasteiger charge is 2.21. The monoisotopic (exact) mass is 194 g/mol. The summed E-state index contributed by atoms with van der Waals surface area (Å²) in [6.45, 7) is 8.12. The SMILES string of the molecule is CC(C)N1CCC=C(CNC2CC2)C1. The van der Waals surface area contributed by atoms with E-state index in [9.17, 15) is 0 Å². The first-order valence-corrected chi connectivity index (χ1v) is 5.91. The summed E-state index contributed by atoms with van der Waals surface area (Å²) in [5.74, 6) is 0. The average molecular weight is 194 g/mol. The quantitative estimate of drug-likeness (QED) is 0.686. The van der Waals surface area contributed by atoms with E-state index >= 15 is 0 Å². The fourth-order valence-corrected chi connectivity index (χ4v) is 1.97. The van der Waals surface area contributed by atoms with E-state index in [0.717, 1.165) is 12.6 Å². The largest absolute Gasteiger partial charge is 0.310 e. The Kier molecular flexibility index (Phi) is 3.24. The van der Waals surface area contributed by atoms with Gasteiger partial charge in [0.05, 0.1) is 0 Å². The van der Waals surface area contributed by atoms with Crippen LogP contribution >= 0.6 is 0 Å². The first-order valence-electron chi connectivity index (χ1n) is 5.91. The molecule has 0 amide bonds. The smallest absolute Gasteiger partial charge is 0.0208 e. The summed E-state index contributed by atoms with van der Waals surface area (Å²) < 4.78 is 0. The zero-order valence-electron chi connectivity index (χ0n) is 9.42. The Morgan fingerprint density at radius 2 is 2.29 bits per heavy atom. The molecule has 1 heterocycles. The van der Waals surface area contributed by atoms with Crippen molar-refractivity contribution in [1.29, 1.82) is 0 Å². The third kappa shape index (κ3) is 2.82. The Morgan fingerprint density at radius 3 is 2.93 bits per heavy atom. The van der Waals surface area contributed by atoms with Crippen molar-refractivity contribution < 1.29 is 0 Å². The van der Waals surface area contributed by atoms with Gasteiger partial charge in [-0.1, -0.05) is 6.08 Å². The Morgan fingerprint density at radius 1 is 1.50 bits per heavy atom. The van der Waals surface area contributed by atoms with E-state index in [1.807, 2.05) is 0 Å². The molecule has 2 nitrogen and oxygen atoms in total. The Hall–Kier alpha value is -0.340. The number of hydrogen-bond acceptors (Lipinski definition) is 2. The molecule has 0 aromatic carbocycles. The molecule has 1 N–H and O–H groups in total. The van der Waals surface area contributed by atoms with Crippen LogP contribution in [0.2, 0.25) is 0 Å². The van der Waals surface area contributed by atoms with Gasteiger partial charge in [-0.3, -0.25) is 4.90 Å². The minimum atomic E-state index is 0.694. The fraction of sp³-hybridized carbons (Fsp3) is 0.833. The van der Waals surface area contributed by atoms with Gasteiger partial charge in [-0.05, 0) is 38.7 Å². The molecule has 1 aliphatic carbocycles. The molecule has 80 valence electrons. The van der Waals surface area contributed by atoms with E-state index in [4.69, 9.17) is 0 Å². The molecule has 0 aromatic heterocycles. The van der Waals surface area contributed by atoms with Gasteiger partial charge in [-0.2, -0.15) is 0 Å². The van der Waals surface area contributed by atoms with Crippen LogP contribution in [0.15, 0.2) is 11.6 Å². The summed E-state index contributed by atoms with van der Waals surface area (Å²) in [6, 6.07) is 1.53. The van der Waals surface area contributed by atoms with Crippen molar-refractivity contribution in [1.82, 2.24) is 10.2 Å². The summed E-state index contributed by atoms with van der Waals surface area (Å²) in [4.78, 5) is 2.56. The van der Waals surface area contributed by atoms with Crippen LogP contribution in [0.25, 0.3) is 0 Å². The maximum Gasteiger partial charge on any atom is 0.0208 e. The van der Waals surface area contributed by atoms with Crippen molar-refractivity contribution in [3.05, 3.63) is 11.6 Å². The molecular formula is C12H22N2. The summed E-state index contributed by atoms with van der Waals surface area (Å²) in [7, 11) is 0. The summed E-state index contributed by atoms with van der Waals surface area (Å²) in [6.07, 6.45) is 6.44. The third-order valence-corrected chi connectivity index (χ3v) is 3.18. The molecule has 0 atom stereocenters. The van der Waals surface area contributed by atoms with Gasteiger partial charge < -0.3 is 5.32 Å². The van der Waals surface area contributed by atoms with Gasteiger partial charge in [0.15, 0.2) is 0 Å². The fourth-order valence-electron chi connectivity index (χ4n) is 1.97. The summed E-state index contributed by atoms with van der Waals surface area (Å²) >= 11 is 0. The molecular weight excluding hydrogens is 172 g/mol. The second-order valence-corrected chi connectivity index (χ2v) is 4.87.